The number of hydrogen-bond donors (Lipinski definition) is 0. The number of thioether (sulfide) groups is 1. The molecule has 6 nitrogen and oxygen atoms in total. The van der Waals surface area contributed by atoms with Gasteiger partial charge in [-0.25, -0.2) is 5.01 Å². The first-order chi connectivity index (χ1) is 15.9. The predicted molar refractivity (Wildman–Crippen MR) is 121 cm³/mol. The molecule has 0 radical (unpaired) electrons. The molecule has 168 valence electrons. The summed E-state index contributed by atoms with van der Waals surface area (Å²) in [5.74, 6) is -0.395. The fourth-order valence-electron chi connectivity index (χ4n) is 2.71. The van der Waals surface area contributed by atoms with Crippen LogP contribution in [-0.2, 0) is 11.0 Å². The van der Waals surface area contributed by atoms with Gasteiger partial charge in [0.1, 0.15) is 0 Å². The third kappa shape index (κ3) is 5.88. The highest BCUT2D eigenvalue weighted by Crippen LogP contribution is 2.32. The Morgan fingerprint density at radius 3 is 2.64 bits per heavy atom. The maximum Gasteiger partial charge on any atom is 0.416 e. The van der Waals surface area contributed by atoms with Crippen LogP contribution in [-0.4, -0.2) is 28.1 Å². The SMILES string of the molecule is O=C(CSc1nnc(-c2cccs2)o1)N(/N=C/c1ccccc1)c1cccc(C(F)(F)F)c1. The van der Waals surface area contributed by atoms with Crippen molar-refractivity contribution < 1.29 is 22.4 Å². The third-order valence-corrected chi connectivity index (χ3v) is 5.89. The first-order valence-corrected chi connectivity index (χ1v) is 11.4. The summed E-state index contributed by atoms with van der Waals surface area (Å²) in [7, 11) is 0. The highest BCUT2D eigenvalue weighted by atomic mass is 32.2. The van der Waals surface area contributed by atoms with Crippen LogP contribution in [0.15, 0.2) is 86.9 Å². The minimum absolute atomic E-state index is 0.00703. The Bertz CT molecular complexity index is 1240. The minimum atomic E-state index is -4.55. The molecule has 0 unspecified atom stereocenters. The molecule has 0 spiro atoms. The summed E-state index contributed by atoms with van der Waals surface area (Å²) in [6, 6.07) is 17.0. The van der Waals surface area contributed by atoms with E-state index < -0.39 is 17.6 Å². The van der Waals surface area contributed by atoms with Gasteiger partial charge in [-0.15, -0.1) is 21.5 Å². The Labute approximate surface area is 194 Å². The number of hydrogen-bond acceptors (Lipinski definition) is 7. The monoisotopic (exact) mass is 488 g/mol. The zero-order chi connectivity index (χ0) is 23.3. The van der Waals surface area contributed by atoms with E-state index in [1.54, 1.807) is 24.3 Å². The number of aromatic nitrogens is 2. The Hall–Kier alpha value is -3.44. The molecular formula is C22H15F3N4O2S2. The van der Waals surface area contributed by atoms with Crippen LogP contribution in [0.25, 0.3) is 10.8 Å². The summed E-state index contributed by atoms with van der Waals surface area (Å²) in [4.78, 5) is 13.7. The molecule has 4 aromatic rings. The number of carbonyl (C=O) groups is 1. The van der Waals surface area contributed by atoms with Crippen LogP contribution >= 0.6 is 23.1 Å². The number of anilines is 1. The first-order valence-electron chi connectivity index (χ1n) is 9.49. The van der Waals surface area contributed by atoms with Gasteiger partial charge in [-0.05, 0) is 35.2 Å². The highest BCUT2D eigenvalue weighted by molar-refractivity contribution is 7.99. The summed E-state index contributed by atoms with van der Waals surface area (Å²) in [6.45, 7) is 0. The number of hydrazone groups is 1. The van der Waals surface area contributed by atoms with E-state index in [-0.39, 0.29) is 16.7 Å². The van der Waals surface area contributed by atoms with Crippen molar-refractivity contribution in [3.63, 3.8) is 0 Å². The van der Waals surface area contributed by atoms with Gasteiger partial charge >= 0.3 is 6.18 Å². The molecule has 33 heavy (non-hydrogen) atoms. The van der Waals surface area contributed by atoms with E-state index in [4.69, 9.17) is 4.42 Å². The Kier molecular flexibility index (Phi) is 6.90. The number of carbonyl (C=O) groups excluding carboxylic acids is 1. The van der Waals surface area contributed by atoms with Gasteiger partial charge in [0.05, 0.1) is 28.1 Å². The molecule has 11 heteroatoms. The quantitative estimate of drug-likeness (QED) is 0.182. The first kappa shape index (κ1) is 22.7. The van der Waals surface area contributed by atoms with E-state index in [1.165, 1.54) is 29.7 Å². The van der Waals surface area contributed by atoms with Crippen molar-refractivity contribution in [3.8, 4) is 10.8 Å². The number of thiophene rings is 1. The van der Waals surface area contributed by atoms with Crippen molar-refractivity contribution in [1.29, 1.82) is 0 Å². The fraction of sp³-hybridized carbons (Fsp3) is 0.0909. The topological polar surface area (TPSA) is 71.6 Å². The zero-order valence-corrected chi connectivity index (χ0v) is 18.4. The number of nitrogens with zero attached hydrogens (tertiary/aromatic N) is 4. The molecule has 0 bridgehead atoms. The van der Waals surface area contributed by atoms with Crippen molar-refractivity contribution >= 4 is 40.9 Å². The van der Waals surface area contributed by atoms with Crippen molar-refractivity contribution in [2.24, 2.45) is 5.10 Å². The smallest absolute Gasteiger partial charge is 0.410 e. The van der Waals surface area contributed by atoms with Crippen LogP contribution in [0.1, 0.15) is 11.1 Å². The van der Waals surface area contributed by atoms with E-state index in [2.05, 4.69) is 15.3 Å². The minimum Gasteiger partial charge on any atom is -0.410 e. The molecule has 4 rings (SSSR count). The number of alkyl halides is 3. The second-order valence-electron chi connectivity index (χ2n) is 6.55. The van der Waals surface area contributed by atoms with Gasteiger partial charge < -0.3 is 4.42 Å². The number of halogens is 3. The molecule has 0 atom stereocenters. The molecular weight excluding hydrogens is 473 g/mol. The van der Waals surface area contributed by atoms with E-state index >= 15 is 0 Å². The molecule has 0 N–H and O–H groups in total. The average molecular weight is 489 g/mol. The molecule has 0 saturated carbocycles. The Morgan fingerprint density at radius 2 is 1.91 bits per heavy atom. The zero-order valence-electron chi connectivity index (χ0n) is 16.8. The average Bonchev–Trinajstić information content (AvgIpc) is 3.50. The second kappa shape index (κ2) is 10.0. The molecule has 2 aromatic carbocycles. The normalized spacial score (nSPS) is 11.7. The summed E-state index contributed by atoms with van der Waals surface area (Å²) in [5, 5.41) is 15.0. The number of benzene rings is 2. The van der Waals surface area contributed by atoms with Gasteiger partial charge in [-0.1, -0.05) is 54.2 Å². The number of amides is 1. The van der Waals surface area contributed by atoms with Crippen LogP contribution in [0.2, 0.25) is 0 Å². The van der Waals surface area contributed by atoms with E-state index in [0.29, 0.717) is 11.5 Å². The lowest BCUT2D eigenvalue weighted by Gasteiger charge is -2.18. The Morgan fingerprint density at radius 1 is 1.09 bits per heavy atom. The molecule has 1 amide bonds. The van der Waals surface area contributed by atoms with Gasteiger partial charge in [0.2, 0.25) is 0 Å². The van der Waals surface area contributed by atoms with Gasteiger partial charge in [-0.3, -0.25) is 4.79 Å². The van der Waals surface area contributed by atoms with Crippen molar-refractivity contribution in [2.75, 3.05) is 10.8 Å². The molecule has 0 fully saturated rings. The van der Waals surface area contributed by atoms with Gasteiger partial charge in [0.15, 0.2) is 0 Å². The molecule has 0 aliphatic rings. The van der Waals surface area contributed by atoms with Crippen molar-refractivity contribution in [2.45, 2.75) is 11.4 Å². The lowest BCUT2D eigenvalue weighted by molar-refractivity contribution is -0.137. The maximum atomic E-state index is 13.2. The maximum absolute atomic E-state index is 13.2. The van der Waals surface area contributed by atoms with Crippen LogP contribution in [0.3, 0.4) is 0 Å². The number of rotatable bonds is 7. The molecule has 0 aliphatic heterocycles. The summed E-state index contributed by atoms with van der Waals surface area (Å²) in [6.07, 6.45) is -3.14. The molecule has 2 heterocycles. The van der Waals surface area contributed by atoms with Crippen LogP contribution < -0.4 is 5.01 Å². The Balaban J connectivity index is 1.55. The van der Waals surface area contributed by atoms with Crippen molar-refractivity contribution in [3.05, 3.63) is 83.2 Å². The lowest BCUT2D eigenvalue weighted by Crippen LogP contribution is -2.27. The van der Waals surface area contributed by atoms with E-state index in [1.807, 2.05) is 23.6 Å². The predicted octanol–water partition coefficient (Wildman–Crippen LogP) is 5.98. The molecule has 0 saturated heterocycles. The molecule has 0 aliphatic carbocycles. The largest absolute Gasteiger partial charge is 0.416 e. The summed E-state index contributed by atoms with van der Waals surface area (Å²) >= 11 is 2.41. The third-order valence-electron chi connectivity index (χ3n) is 4.23. The van der Waals surface area contributed by atoms with Gasteiger partial charge in [0, 0.05) is 0 Å². The lowest BCUT2D eigenvalue weighted by atomic mass is 10.2. The van der Waals surface area contributed by atoms with Crippen molar-refractivity contribution in [1.82, 2.24) is 10.2 Å². The highest BCUT2D eigenvalue weighted by Gasteiger charge is 2.31. The summed E-state index contributed by atoms with van der Waals surface area (Å²) in [5.41, 5.74) is -0.197. The van der Waals surface area contributed by atoms with Gasteiger partial charge in [0.25, 0.3) is 17.0 Å². The van der Waals surface area contributed by atoms with Crippen LogP contribution in [0.4, 0.5) is 18.9 Å². The standard InChI is InChI=1S/C22H15F3N4O2S2/c23-22(24,25)16-8-4-9-17(12-16)29(26-13-15-6-2-1-3-7-15)19(30)14-33-21-28-27-20(31-21)18-10-5-11-32-18/h1-13H,14H2/b26-13+. The van der Waals surface area contributed by atoms with Gasteiger partial charge in [-0.2, -0.15) is 18.3 Å². The molecule has 2 aromatic heterocycles. The van der Waals surface area contributed by atoms with E-state index in [0.717, 1.165) is 33.8 Å². The second-order valence-corrected chi connectivity index (χ2v) is 8.42. The van der Waals surface area contributed by atoms with Crippen LogP contribution in [0, 0.1) is 0 Å². The van der Waals surface area contributed by atoms with Crippen LogP contribution in [0.5, 0.6) is 0 Å². The van der Waals surface area contributed by atoms with E-state index in [9.17, 15) is 18.0 Å². The fourth-order valence-corrected chi connectivity index (χ4v) is 3.95. The summed E-state index contributed by atoms with van der Waals surface area (Å²) < 4.78 is 45.1.